The standard InChI is InChI=1S/C33H54O10/c1-16-7-10-33(41-15-16)17(2)26-25(43-33)12-21-19-6-5-18-11-24(42-30(40)29(39)28(38)27(37)23(36)14-34)22(35)13-32(18,4)20(19)8-9-31(21,26)3/h16-29,34-39H,5-15H2,1-4H3/t16-,17+,18+,19?,20?,21+,22-,23-,24-,25?,26?,27-,28+,29-,31+,32+,33-/m1/s1. The molecule has 2 heterocycles. The molecule has 0 bridgehead atoms. The van der Waals surface area contributed by atoms with Crippen LogP contribution in [0.2, 0.25) is 0 Å². The SMILES string of the molecule is C[C@@H]1CC[C@@]2(OC1)OC1C[C@H]3C4CC[C@H]5C[C@@H](OC(=O)[C@H](O)[C@@H](O)[C@H](O)[C@H](O)CO)[C@H](O)C[C@]5(C)C4CC[C@]3(C)C1[C@@H]2C. The lowest BCUT2D eigenvalue weighted by Gasteiger charge is -2.62. The molecule has 6 N–H and O–H groups in total. The van der Waals surface area contributed by atoms with Crippen molar-refractivity contribution in [2.75, 3.05) is 13.2 Å². The fraction of sp³-hybridized carbons (Fsp3) is 0.970. The van der Waals surface area contributed by atoms with Gasteiger partial charge in [-0.05, 0) is 97.7 Å². The molecule has 10 nitrogen and oxygen atoms in total. The maximum atomic E-state index is 12.7. The Bertz CT molecular complexity index is 1030. The molecule has 0 aromatic heterocycles. The predicted molar refractivity (Wildman–Crippen MR) is 154 cm³/mol. The molecule has 6 rings (SSSR count). The van der Waals surface area contributed by atoms with Gasteiger partial charge in [-0.3, -0.25) is 0 Å². The first-order valence-electron chi connectivity index (χ1n) is 16.8. The molecule has 6 aliphatic rings. The molecule has 10 heteroatoms. The molecular formula is C33H54O10. The molecule has 4 saturated carbocycles. The summed E-state index contributed by atoms with van der Waals surface area (Å²) in [7, 11) is 0. The molecule has 246 valence electrons. The zero-order chi connectivity index (χ0) is 31.1. The molecule has 0 amide bonds. The number of carbonyl (C=O) groups excluding carboxylic acids is 1. The number of aliphatic hydroxyl groups excluding tert-OH is 6. The maximum absolute atomic E-state index is 12.7. The zero-order valence-corrected chi connectivity index (χ0v) is 26.2. The van der Waals surface area contributed by atoms with Crippen molar-refractivity contribution in [1.29, 1.82) is 0 Å². The number of fused-ring (bicyclic) bond motifs is 7. The molecule has 0 aromatic rings. The van der Waals surface area contributed by atoms with Gasteiger partial charge in [0, 0.05) is 12.3 Å². The first kappa shape index (κ1) is 32.1. The van der Waals surface area contributed by atoms with Gasteiger partial charge in [0.05, 0.1) is 25.4 Å². The molecule has 6 fully saturated rings. The first-order valence-corrected chi connectivity index (χ1v) is 16.8. The van der Waals surface area contributed by atoms with Gasteiger partial charge in [-0.2, -0.15) is 0 Å². The Morgan fingerprint density at radius 1 is 0.953 bits per heavy atom. The second kappa shape index (κ2) is 11.4. The monoisotopic (exact) mass is 610 g/mol. The lowest BCUT2D eigenvalue weighted by molar-refractivity contribution is -0.273. The summed E-state index contributed by atoms with van der Waals surface area (Å²) in [6.07, 6.45) is -0.765. The van der Waals surface area contributed by atoms with Crippen LogP contribution in [0, 0.1) is 52.3 Å². The zero-order valence-electron chi connectivity index (χ0n) is 26.2. The van der Waals surface area contributed by atoms with Crippen molar-refractivity contribution in [1.82, 2.24) is 0 Å². The lowest BCUT2D eigenvalue weighted by atomic mass is 9.44. The molecule has 4 aliphatic carbocycles. The summed E-state index contributed by atoms with van der Waals surface area (Å²) in [4.78, 5) is 12.7. The molecule has 43 heavy (non-hydrogen) atoms. The highest BCUT2D eigenvalue weighted by atomic mass is 16.7. The van der Waals surface area contributed by atoms with Crippen LogP contribution in [-0.4, -0.2) is 98.3 Å². The predicted octanol–water partition coefficient (Wildman–Crippen LogP) is 1.75. The van der Waals surface area contributed by atoms with E-state index in [0.29, 0.717) is 48.3 Å². The van der Waals surface area contributed by atoms with E-state index in [1.807, 2.05) is 0 Å². The molecule has 4 unspecified atom stereocenters. The molecule has 1 spiro atoms. The third-order valence-corrected chi connectivity index (χ3v) is 13.7. The smallest absolute Gasteiger partial charge is 0.338 e. The highest BCUT2D eigenvalue weighted by Crippen LogP contribution is 2.71. The second-order valence-electron chi connectivity index (χ2n) is 15.8. The normalized spacial score (nSPS) is 51.9. The van der Waals surface area contributed by atoms with Crippen LogP contribution >= 0.6 is 0 Å². The maximum Gasteiger partial charge on any atom is 0.338 e. The number of esters is 1. The molecule has 17 atom stereocenters. The molecule has 2 saturated heterocycles. The van der Waals surface area contributed by atoms with Gasteiger partial charge in [0.15, 0.2) is 11.9 Å². The lowest BCUT2D eigenvalue weighted by Crippen LogP contribution is -2.58. The number of rotatable bonds is 6. The molecule has 0 aromatic carbocycles. The second-order valence-corrected chi connectivity index (χ2v) is 15.8. The minimum atomic E-state index is -2.11. The molecular weight excluding hydrogens is 556 g/mol. The third kappa shape index (κ3) is 5.01. The summed E-state index contributed by atoms with van der Waals surface area (Å²) in [5, 5.41) is 60.1. The Hall–Kier alpha value is -0.850. The van der Waals surface area contributed by atoms with E-state index >= 15 is 0 Å². The van der Waals surface area contributed by atoms with Gasteiger partial charge in [-0.15, -0.1) is 0 Å². The molecule has 0 radical (unpaired) electrons. The van der Waals surface area contributed by atoms with E-state index in [1.165, 1.54) is 0 Å². The average molecular weight is 611 g/mol. The Morgan fingerprint density at radius 2 is 1.70 bits per heavy atom. The number of hydrogen-bond acceptors (Lipinski definition) is 10. The Morgan fingerprint density at radius 3 is 2.37 bits per heavy atom. The largest absolute Gasteiger partial charge is 0.458 e. The first-order chi connectivity index (χ1) is 20.3. The fourth-order valence-corrected chi connectivity index (χ4v) is 11.3. The van der Waals surface area contributed by atoms with E-state index in [1.54, 1.807) is 0 Å². The van der Waals surface area contributed by atoms with Gasteiger partial charge < -0.3 is 44.8 Å². The van der Waals surface area contributed by atoms with Crippen LogP contribution in [-0.2, 0) is 19.0 Å². The minimum absolute atomic E-state index is 0.0971. The Balaban J connectivity index is 1.12. The summed E-state index contributed by atoms with van der Waals surface area (Å²) in [5.74, 6) is 1.73. The number of ether oxygens (including phenoxy) is 3. The number of aliphatic hydroxyl groups is 6. The summed E-state index contributed by atoms with van der Waals surface area (Å²) in [5.41, 5.74) is 0.112. The van der Waals surface area contributed by atoms with Gasteiger partial charge in [0.2, 0.25) is 0 Å². The van der Waals surface area contributed by atoms with Crippen molar-refractivity contribution in [3.8, 4) is 0 Å². The third-order valence-electron chi connectivity index (χ3n) is 13.7. The van der Waals surface area contributed by atoms with Crippen LogP contribution in [0.4, 0.5) is 0 Å². The van der Waals surface area contributed by atoms with Crippen molar-refractivity contribution in [3.05, 3.63) is 0 Å². The van der Waals surface area contributed by atoms with Crippen molar-refractivity contribution < 1.29 is 49.6 Å². The fourth-order valence-electron chi connectivity index (χ4n) is 11.3. The summed E-state index contributed by atoms with van der Waals surface area (Å²) >= 11 is 0. The van der Waals surface area contributed by atoms with E-state index in [-0.39, 0.29) is 22.9 Å². The van der Waals surface area contributed by atoms with Crippen LogP contribution < -0.4 is 0 Å². The van der Waals surface area contributed by atoms with Crippen LogP contribution in [0.15, 0.2) is 0 Å². The van der Waals surface area contributed by atoms with Crippen LogP contribution in [0.3, 0.4) is 0 Å². The highest BCUT2D eigenvalue weighted by molar-refractivity contribution is 5.75. The summed E-state index contributed by atoms with van der Waals surface area (Å²) < 4.78 is 18.9. The Kier molecular flexibility index (Phi) is 8.54. The van der Waals surface area contributed by atoms with Gasteiger partial charge in [0.25, 0.3) is 0 Å². The Labute approximate surface area is 255 Å². The van der Waals surface area contributed by atoms with Crippen LogP contribution in [0.5, 0.6) is 0 Å². The summed E-state index contributed by atoms with van der Waals surface area (Å²) in [6, 6.07) is 0. The summed E-state index contributed by atoms with van der Waals surface area (Å²) in [6.45, 7) is 9.38. The van der Waals surface area contributed by atoms with Gasteiger partial charge in [0.1, 0.15) is 24.4 Å². The quantitative estimate of drug-likeness (QED) is 0.244. The van der Waals surface area contributed by atoms with Crippen LogP contribution in [0.25, 0.3) is 0 Å². The van der Waals surface area contributed by atoms with Gasteiger partial charge in [-0.1, -0.05) is 27.7 Å². The number of carbonyl (C=O) groups is 1. The van der Waals surface area contributed by atoms with Crippen molar-refractivity contribution >= 4 is 5.97 Å². The molecule has 2 aliphatic heterocycles. The van der Waals surface area contributed by atoms with Gasteiger partial charge >= 0.3 is 5.97 Å². The van der Waals surface area contributed by atoms with Crippen molar-refractivity contribution in [2.24, 2.45) is 52.3 Å². The topological polar surface area (TPSA) is 166 Å². The minimum Gasteiger partial charge on any atom is -0.458 e. The van der Waals surface area contributed by atoms with E-state index < -0.39 is 55.0 Å². The number of hydrogen-bond donors (Lipinski definition) is 6. The van der Waals surface area contributed by atoms with Crippen molar-refractivity contribution in [3.63, 3.8) is 0 Å². The van der Waals surface area contributed by atoms with E-state index in [2.05, 4.69) is 27.7 Å². The van der Waals surface area contributed by atoms with E-state index in [4.69, 9.17) is 19.3 Å². The highest BCUT2D eigenvalue weighted by Gasteiger charge is 2.69. The van der Waals surface area contributed by atoms with Gasteiger partial charge in [-0.25, -0.2) is 4.79 Å². The van der Waals surface area contributed by atoms with E-state index in [9.17, 15) is 30.3 Å². The average Bonchev–Trinajstić information content (AvgIpc) is 3.42. The van der Waals surface area contributed by atoms with Crippen LogP contribution in [0.1, 0.15) is 85.5 Å². The van der Waals surface area contributed by atoms with E-state index in [0.717, 1.165) is 51.6 Å². The van der Waals surface area contributed by atoms with Crippen molar-refractivity contribution in [2.45, 2.75) is 134 Å².